The third-order valence-electron chi connectivity index (χ3n) is 5.53. The van der Waals surface area contributed by atoms with Gasteiger partial charge in [0.2, 0.25) is 5.91 Å². The normalized spacial score (nSPS) is 16.5. The molecule has 0 radical (unpaired) electrons. The molecule has 1 unspecified atom stereocenters. The van der Waals surface area contributed by atoms with E-state index in [2.05, 4.69) is 0 Å². The number of anilines is 1. The van der Waals surface area contributed by atoms with Crippen molar-refractivity contribution in [1.82, 2.24) is 4.98 Å². The van der Waals surface area contributed by atoms with Gasteiger partial charge in [0.15, 0.2) is 15.0 Å². The minimum Gasteiger partial charge on any atom is -0.376 e. The van der Waals surface area contributed by atoms with E-state index in [0.29, 0.717) is 18.3 Å². The molecule has 9 heteroatoms. The zero-order chi connectivity index (χ0) is 22.7. The van der Waals surface area contributed by atoms with E-state index >= 15 is 0 Å². The third-order valence-corrected chi connectivity index (χ3v) is 8.39. The summed E-state index contributed by atoms with van der Waals surface area (Å²) in [6.07, 6.45) is 2.04. The molecule has 3 aromatic rings. The molecule has 0 saturated carbocycles. The van der Waals surface area contributed by atoms with Crippen molar-refractivity contribution in [2.45, 2.75) is 43.6 Å². The van der Waals surface area contributed by atoms with Crippen LogP contribution in [0.5, 0.6) is 0 Å². The average Bonchev–Trinajstić information content (AvgIpc) is 3.42. The fourth-order valence-corrected chi connectivity index (χ4v) is 6.16. The van der Waals surface area contributed by atoms with Gasteiger partial charge in [-0.05, 0) is 62.1 Å². The van der Waals surface area contributed by atoms with Crippen LogP contribution in [-0.4, -0.2) is 44.3 Å². The van der Waals surface area contributed by atoms with E-state index in [0.717, 1.165) is 40.8 Å². The van der Waals surface area contributed by atoms with Gasteiger partial charge in [0.1, 0.15) is 5.82 Å². The Morgan fingerprint density at radius 1 is 1.25 bits per heavy atom. The average molecular weight is 477 g/mol. The Bertz CT molecular complexity index is 1200. The van der Waals surface area contributed by atoms with E-state index in [1.165, 1.54) is 23.5 Å². The van der Waals surface area contributed by atoms with Crippen molar-refractivity contribution in [3.8, 4) is 0 Å². The van der Waals surface area contributed by atoms with Gasteiger partial charge in [-0.1, -0.05) is 23.5 Å². The number of para-hydroxylation sites is 1. The van der Waals surface area contributed by atoms with Crippen LogP contribution >= 0.6 is 11.3 Å². The van der Waals surface area contributed by atoms with Gasteiger partial charge < -0.3 is 4.74 Å². The number of fused-ring (bicyclic) bond motifs is 1. The summed E-state index contributed by atoms with van der Waals surface area (Å²) in [5.41, 5.74) is 1.91. The lowest BCUT2D eigenvalue weighted by atomic mass is 10.2. The maximum absolute atomic E-state index is 13.2. The second-order valence-corrected chi connectivity index (χ2v) is 11.1. The van der Waals surface area contributed by atoms with Crippen LogP contribution in [0.25, 0.3) is 10.2 Å². The molecule has 170 valence electrons. The molecule has 2 aromatic carbocycles. The highest BCUT2D eigenvalue weighted by Gasteiger charge is 2.26. The minimum atomic E-state index is -3.59. The number of carbonyl (C=O) groups excluding carboxylic acids is 1. The van der Waals surface area contributed by atoms with Crippen molar-refractivity contribution in [3.05, 3.63) is 53.8 Å². The SMILES string of the molecule is Cc1cccc2sc(N(CC3CCCO3)C(=O)CCCS(=O)(=O)c3ccc(F)cc3)nc12. The Morgan fingerprint density at radius 2 is 2.03 bits per heavy atom. The summed E-state index contributed by atoms with van der Waals surface area (Å²) in [7, 11) is -3.59. The largest absolute Gasteiger partial charge is 0.376 e. The first-order valence-electron chi connectivity index (χ1n) is 10.6. The lowest BCUT2D eigenvalue weighted by Gasteiger charge is -2.23. The van der Waals surface area contributed by atoms with Gasteiger partial charge in [-0.2, -0.15) is 0 Å². The number of rotatable bonds is 8. The molecule has 2 heterocycles. The summed E-state index contributed by atoms with van der Waals surface area (Å²) in [5.74, 6) is -0.849. The van der Waals surface area contributed by atoms with Gasteiger partial charge in [-0.3, -0.25) is 9.69 Å². The molecule has 1 amide bonds. The Hall–Kier alpha value is -2.36. The maximum atomic E-state index is 13.2. The number of benzene rings is 2. The predicted octanol–water partition coefficient (Wildman–Crippen LogP) is 4.51. The molecule has 1 aromatic heterocycles. The number of thiazole rings is 1. The summed E-state index contributed by atoms with van der Waals surface area (Å²) >= 11 is 1.45. The van der Waals surface area contributed by atoms with Gasteiger partial charge in [0.25, 0.3) is 0 Å². The van der Waals surface area contributed by atoms with Gasteiger partial charge in [-0.15, -0.1) is 0 Å². The molecule has 1 atom stereocenters. The monoisotopic (exact) mass is 476 g/mol. The maximum Gasteiger partial charge on any atom is 0.228 e. The highest BCUT2D eigenvalue weighted by Crippen LogP contribution is 2.32. The smallest absolute Gasteiger partial charge is 0.228 e. The molecule has 6 nitrogen and oxygen atoms in total. The molecule has 1 fully saturated rings. The number of aromatic nitrogens is 1. The molecule has 1 aliphatic rings. The van der Waals surface area contributed by atoms with Crippen LogP contribution in [0.2, 0.25) is 0 Å². The molecule has 1 saturated heterocycles. The van der Waals surface area contributed by atoms with Crippen LogP contribution in [0.15, 0.2) is 47.4 Å². The summed E-state index contributed by atoms with van der Waals surface area (Å²) in [5, 5.41) is 0.608. The molecular formula is C23H25FN2O4S2. The number of carbonyl (C=O) groups is 1. The van der Waals surface area contributed by atoms with Gasteiger partial charge in [0.05, 0.1) is 33.5 Å². The fourth-order valence-electron chi connectivity index (χ4n) is 3.78. The van der Waals surface area contributed by atoms with Gasteiger partial charge >= 0.3 is 0 Å². The van der Waals surface area contributed by atoms with E-state index in [1.807, 2.05) is 25.1 Å². The second kappa shape index (κ2) is 9.64. The van der Waals surface area contributed by atoms with Crippen LogP contribution in [0.1, 0.15) is 31.2 Å². The number of halogens is 1. The predicted molar refractivity (Wildman–Crippen MR) is 123 cm³/mol. The number of ether oxygens (including phenoxy) is 1. The first-order chi connectivity index (χ1) is 15.3. The number of nitrogens with zero attached hydrogens (tertiary/aromatic N) is 2. The summed E-state index contributed by atoms with van der Waals surface area (Å²) in [6, 6.07) is 10.7. The summed E-state index contributed by atoms with van der Waals surface area (Å²) < 4.78 is 44.9. The first kappa shape index (κ1) is 22.8. The van der Waals surface area contributed by atoms with Gasteiger partial charge in [-0.25, -0.2) is 17.8 Å². The zero-order valence-corrected chi connectivity index (χ0v) is 19.4. The minimum absolute atomic E-state index is 0.0463. The highest BCUT2D eigenvalue weighted by atomic mass is 32.2. The van der Waals surface area contributed by atoms with Crippen LogP contribution < -0.4 is 4.90 Å². The number of hydrogen-bond donors (Lipinski definition) is 0. The third kappa shape index (κ3) is 5.16. The topological polar surface area (TPSA) is 76.6 Å². The van der Waals surface area contributed by atoms with Crippen LogP contribution in [0.3, 0.4) is 0 Å². The molecule has 1 aliphatic heterocycles. The number of aryl methyl sites for hydroxylation is 1. The molecule has 4 rings (SSSR count). The molecule has 32 heavy (non-hydrogen) atoms. The fraction of sp³-hybridized carbons (Fsp3) is 0.391. The lowest BCUT2D eigenvalue weighted by molar-refractivity contribution is -0.119. The second-order valence-electron chi connectivity index (χ2n) is 7.93. The van der Waals surface area contributed by atoms with Crippen molar-refractivity contribution < 1.29 is 22.3 Å². The highest BCUT2D eigenvalue weighted by molar-refractivity contribution is 7.91. The van der Waals surface area contributed by atoms with E-state index in [-0.39, 0.29) is 35.5 Å². The quantitative estimate of drug-likeness (QED) is 0.447. The van der Waals surface area contributed by atoms with Crippen molar-refractivity contribution in [1.29, 1.82) is 0 Å². The van der Waals surface area contributed by atoms with Crippen molar-refractivity contribution in [2.75, 3.05) is 23.8 Å². The van der Waals surface area contributed by atoms with E-state index < -0.39 is 15.7 Å². The summed E-state index contributed by atoms with van der Waals surface area (Å²) in [4.78, 5) is 19.6. The van der Waals surface area contributed by atoms with Crippen molar-refractivity contribution >= 4 is 42.4 Å². The molecule has 0 N–H and O–H groups in total. The first-order valence-corrected chi connectivity index (χ1v) is 13.1. The standard InChI is InChI=1S/C23H25FN2O4S2/c1-16-5-2-7-20-22(16)25-23(31-20)26(15-18-6-3-13-30-18)21(27)8-4-14-32(28,29)19-11-9-17(24)10-12-19/h2,5,7,9-12,18H,3-4,6,8,13-15H2,1H3. The van der Waals surface area contributed by atoms with Crippen LogP contribution in [0, 0.1) is 12.7 Å². The van der Waals surface area contributed by atoms with Crippen LogP contribution in [0.4, 0.5) is 9.52 Å². The summed E-state index contributed by atoms with van der Waals surface area (Å²) in [6.45, 7) is 3.07. The van der Waals surface area contributed by atoms with Gasteiger partial charge in [0, 0.05) is 13.0 Å². The Balaban J connectivity index is 1.48. The lowest BCUT2D eigenvalue weighted by Crippen LogP contribution is -2.37. The van der Waals surface area contributed by atoms with E-state index in [4.69, 9.17) is 9.72 Å². The molecule has 0 spiro atoms. The molecular weight excluding hydrogens is 451 g/mol. The van der Waals surface area contributed by atoms with E-state index in [9.17, 15) is 17.6 Å². The number of amides is 1. The van der Waals surface area contributed by atoms with E-state index in [1.54, 1.807) is 4.90 Å². The molecule has 0 aliphatic carbocycles. The number of sulfone groups is 1. The zero-order valence-electron chi connectivity index (χ0n) is 17.8. The van der Waals surface area contributed by atoms with Crippen molar-refractivity contribution in [2.24, 2.45) is 0 Å². The number of hydrogen-bond acceptors (Lipinski definition) is 6. The Labute approximate surface area is 190 Å². The Morgan fingerprint density at radius 3 is 2.72 bits per heavy atom. The Kier molecular flexibility index (Phi) is 6.88. The van der Waals surface area contributed by atoms with Crippen molar-refractivity contribution in [3.63, 3.8) is 0 Å². The molecule has 0 bridgehead atoms. The van der Waals surface area contributed by atoms with Crippen LogP contribution in [-0.2, 0) is 19.4 Å².